The van der Waals surface area contributed by atoms with Gasteiger partial charge in [0.1, 0.15) is 11.7 Å². The molecule has 1 saturated heterocycles. The molecule has 1 atom stereocenters. The van der Waals surface area contributed by atoms with Gasteiger partial charge < -0.3 is 11.1 Å². The third-order valence-corrected chi connectivity index (χ3v) is 3.49. The van der Waals surface area contributed by atoms with Crippen LogP contribution in [-0.4, -0.2) is 39.6 Å². The molecule has 2 rings (SSSR count). The number of anilines is 1. The Kier molecular flexibility index (Phi) is 4.30. The van der Waals surface area contributed by atoms with Gasteiger partial charge in [-0.3, -0.25) is 29.4 Å². The van der Waals surface area contributed by atoms with Crippen molar-refractivity contribution < 1.29 is 19.3 Å². The van der Waals surface area contributed by atoms with Crippen LogP contribution >= 0.6 is 0 Å². The highest BCUT2D eigenvalue weighted by molar-refractivity contribution is 6.08. The van der Waals surface area contributed by atoms with Crippen LogP contribution in [0.4, 0.5) is 11.4 Å². The summed E-state index contributed by atoms with van der Waals surface area (Å²) in [6, 6.07) is 2.34. The summed E-state index contributed by atoms with van der Waals surface area (Å²) in [5.74, 6) is -1.52. The Balaban J connectivity index is 2.17. The molecule has 0 aliphatic carbocycles. The summed E-state index contributed by atoms with van der Waals surface area (Å²) in [5, 5.41) is 13.3. The second-order valence-corrected chi connectivity index (χ2v) is 5.46. The summed E-state index contributed by atoms with van der Waals surface area (Å²) in [6.45, 7) is 3.40. The highest BCUT2D eigenvalue weighted by Crippen LogP contribution is 2.23. The molecule has 23 heavy (non-hydrogen) atoms. The monoisotopic (exact) mass is 320 g/mol. The van der Waals surface area contributed by atoms with Gasteiger partial charge in [-0.25, -0.2) is 0 Å². The zero-order valence-electron chi connectivity index (χ0n) is 12.6. The highest BCUT2D eigenvalue weighted by Gasteiger charge is 2.40. The van der Waals surface area contributed by atoms with Crippen molar-refractivity contribution in [2.24, 2.45) is 0 Å². The van der Waals surface area contributed by atoms with Crippen LogP contribution in [0.3, 0.4) is 0 Å². The standard InChI is InChI=1S/C14H16N4O5/c1-7(2)17-12(19)6-10(14(17)21)16-13(20)8-3-4-9(15)11(5-8)18(22)23/h3-5,7,10H,6,15H2,1-2H3,(H,16,20)/t10-/m0/s1. The first-order chi connectivity index (χ1) is 10.7. The molecular weight excluding hydrogens is 304 g/mol. The number of imide groups is 1. The zero-order chi connectivity index (χ0) is 17.3. The molecule has 1 heterocycles. The first-order valence-electron chi connectivity index (χ1n) is 6.93. The normalized spacial score (nSPS) is 17.7. The van der Waals surface area contributed by atoms with E-state index in [0.717, 1.165) is 11.0 Å². The Morgan fingerprint density at radius 1 is 1.43 bits per heavy atom. The third kappa shape index (κ3) is 3.12. The fourth-order valence-electron chi connectivity index (χ4n) is 2.39. The van der Waals surface area contributed by atoms with Crippen LogP contribution in [0.1, 0.15) is 30.6 Å². The lowest BCUT2D eigenvalue weighted by Crippen LogP contribution is -2.43. The molecule has 1 aliphatic rings. The van der Waals surface area contributed by atoms with Crippen molar-refractivity contribution in [3.05, 3.63) is 33.9 Å². The second-order valence-electron chi connectivity index (χ2n) is 5.46. The van der Waals surface area contributed by atoms with Crippen LogP contribution in [0, 0.1) is 10.1 Å². The molecular formula is C14H16N4O5. The van der Waals surface area contributed by atoms with Gasteiger partial charge in [-0.2, -0.15) is 0 Å². The van der Waals surface area contributed by atoms with Gasteiger partial charge in [-0.05, 0) is 26.0 Å². The molecule has 0 radical (unpaired) electrons. The van der Waals surface area contributed by atoms with Crippen molar-refractivity contribution >= 4 is 29.1 Å². The molecule has 1 fully saturated rings. The molecule has 1 aromatic rings. The van der Waals surface area contributed by atoms with E-state index in [1.165, 1.54) is 12.1 Å². The van der Waals surface area contributed by atoms with Crippen molar-refractivity contribution in [3.8, 4) is 0 Å². The number of nitro groups is 1. The number of amides is 3. The van der Waals surface area contributed by atoms with E-state index < -0.39 is 28.5 Å². The van der Waals surface area contributed by atoms with Crippen LogP contribution in [0.25, 0.3) is 0 Å². The fourth-order valence-corrected chi connectivity index (χ4v) is 2.39. The lowest BCUT2D eigenvalue weighted by atomic mass is 10.1. The quantitative estimate of drug-likeness (QED) is 0.357. The fraction of sp³-hybridized carbons (Fsp3) is 0.357. The van der Waals surface area contributed by atoms with Gasteiger partial charge in [-0.1, -0.05) is 0 Å². The first kappa shape index (κ1) is 16.4. The summed E-state index contributed by atoms with van der Waals surface area (Å²) < 4.78 is 0. The highest BCUT2D eigenvalue weighted by atomic mass is 16.6. The van der Waals surface area contributed by atoms with Crippen molar-refractivity contribution in [1.29, 1.82) is 0 Å². The topological polar surface area (TPSA) is 136 Å². The summed E-state index contributed by atoms with van der Waals surface area (Å²) in [5.41, 5.74) is 5.00. The molecule has 0 spiro atoms. The molecule has 1 aromatic carbocycles. The lowest BCUT2D eigenvalue weighted by Gasteiger charge is -2.19. The van der Waals surface area contributed by atoms with Gasteiger partial charge in [0.15, 0.2) is 0 Å². The van der Waals surface area contributed by atoms with Gasteiger partial charge in [-0.15, -0.1) is 0 Å². The Hall–Kier alpha value is -2.97. The summed E-state index contributed by atoms with van der Waals surface area (Å²) in [4.78, 5) is 47.3. The van der Waals surface area contributed by atoms with E-state index in [-0.39, 0.29) is 29.6 Å². The van der Waals surface area contributed by atoms with E-state index in [0.29, 0.717) is 0 Å². The number of carbonyl (C=O) groups excluding carboxylic acids is 3. The average molecular weight is 320 g/mol. The number of rotatable bonds is 4. The predicted molar refractivity (Wildman–Crippen MR) is 80.4 cm³/mol. The minimum atomic E-state index is -0.964. The van der Waals surface area contributed by atoms with Crippen LogP contribution in [0.15, 0.2) is 18.2 Å². The van der Waals surface area contributed by atoms with Crippen LogP contribution in [-0.2, 0) is 9.59 Å². The Morgan fingerprint density at radius 3 is 2.61 bits per heavy atom. The number of nitrogens with two attached hydrogens (primary N) is 1. The minimum Gasteiger partial charge on any atom is -0.393 e. The summed E-state index contributed by atoms with van der Waals surface area (Å²) in [7, 11) is 0. The average Bonchev–Trinajstić information content (AvgIpc) is 2.73. The van der Waals surface area contributed by atoms with Crippen LogP contribution in [0.2, 0.25) is 0 Å². The summed E-state index contributed by atoms with van der Waals surface area (Å²) in [6.07, 6.45) is -0.125. The van der Waals surface area contributed by atoms with Crippen molar-refractivity contribution in [1.82, 2.24) is 10.2 Å². The van der Waals surface area contributed by atoms with Crippen LogP contribution < -0.4 is 11.1 Å². The number of hydrogen-bond acceptors (Lipinski definition) is 6. The maximum Gasteiger partial charge on any atom is 0.292 e. The lowest BCUT2D eigenvalue weighted by molar-refractivity contribution is -0.383. The van der Waals surface area contributed by atoms with E-state index in [1.54, 1.807) is 13.8 Å². The SMILES string of the molecule is CC(C)N1C(=O)C[C@H](NC(=O)c2ccc(N)c([N+](=O)[O-])c2)C1=O. The van der Waals surface area contributed by atoms with Crippen LogP contribution in [0.5, 0.6) is 0 Å². The Bertz CT molecular complexity index is 700. The van der Waals surface area contributed by atoms with Gasteiger partial charge in [0, 0.05) is 17.7 Å². The molecule has 3 amide bonds. The number of nitrogen functional groups attached to an aromatic ring is 1. The van der Waals surface area contributed by atoms with Gasteiger partial charge >= 0.3 is 0 Å². The maximum absolute atomic E-state index is 12.2. The number of nitro benzene ring substituents is 1. The molecule has 3 N–H and O–H groups in total. The van der Waals surface area contributed by atoms with E-state index >= 15 is 0 Å². The zero-order valence-corrected chi connectivity index (χ0v) is 12.6. The van der Waals surface area contributed by atoms with Crippen molar-refractivity contribution in [2.75, 3.05) is 5.73 Å². The number of carbonyl (C=O) groups is 3. The maximum atomic E-state index is 12.2. The molecule has 0 saturated carbocycles. The second kappa shape index (κ2) is 6.03. The van der Waals surface area contributed by atoms with Crippen molar-refractivity contribution in [3.63, 3.8) is 0 Å². The summed E-state index contributed by atoms with van der Waals surface area (Å²) >= 11 is 0. The number of hydrogen-bond donors (Lipinski definition) is 2. The molecule has 122 valence electrons. The number of benzene rings is 1. The Labute approximate surface area is 131 Å². The van der Waals surface area contributed by atoms with E-state index in [1.807, 2.05) is 0 Å². The molecule has 0 unspecified atom stereocenters. The van der Waals surface area contributed by atoms with Crippen molar-refractivity contribution in [2.45, 2.75) is 32.4 Å². The molecule has 9 heteroatoms. The molecule has 1 aliphatic heterocycles. The van der Waals surface area contributed by atoms with E-state index in [4.69, 9.17) is 5.73 Å². The number of likely N-dealkylation sites (tertiary alicyclic amines) is 1. The van der Waals surface area contributed by atoms with Gasteiger partial charge in [0.05, 0.1) is 11.3 Å². The predicted octanol–water partition coefficient (Wildman–Crippen LogP) is 0.443. The molecule has 0 bridgehead atoms. The number of nitrogens with zero attached hydrogens (tertiary/aromatic N) is 2. The smallest absolute Gasteiger partial charge is 0.292 e. The van der Waals surface area contributed by atoms with E-state index in [2.05, 4.69) is 5.32 Å². The number of nitrogens with one attached hydrogen (secondary N) is 1. The van der Waals surface area contributed by atoms with E-state index in [9.17, 15) is 24.5 Å². The first-order valence-corrected chi connectivity index (χ1v) is 6.93. The van der Waals surface area contributed by atoms with Gasteiger partial charge in [0.25, 0.3) is 17.5 Å². The molecule has 9 nitrogen and oxygen atoms in total. The largest absolute Gasteiger partial charge is 0.393 e. The minimum absolute atomic E-state index is 0.00542. The third-order valence-electron chi connectivity index (χ3n) is 3.49. The van der Waals surface area contributed by atoms with Gasteiger partial charge in [0.2, 0.25) is 5.91 Å². The molecule has 0 aromatic heterocycles. The Morgan fingerprint density at radius 2 is 2.09 bits per heavy atom.